The molecule has 0 unspecified atom stereocenters. The molecule has 1 N–H and O–H groups in total. The molecule has 0 aromatic heterocycles. The molecule has 1 saturated heterocycles. The van der Waals surface area contributed by atoms with Gasteiger partial charge in [-0.3, -0.25) is 4.79 Å². The normalized spacial score (nSPS) is 15.3. The number of benzene rings is 2. The highest BCUT2D eigenvalue weighted by atomic mass is 16.5. The molecule has 2 aromatic rings. The van der Waals surface area contributed by atoms with E-state index in [1.807, 2.05) is 29.2 Å². The standard InChI is InChI=1S/C22H28N2O2/c1-17(2)19-6-4-18(5-7-19)16-23-12-14-24(15-13-23)22(25)20-8-10-21(26-3)11-9-20/h4-11,17H,12-16H2,1-3H3/p+1. The average Bonchev–Trinajstić information content (AvgIpc) is 2.68. The highest BCUT2D eigenvalue weighted by Gasteiger charge is 2.24. The van der Waals surface area contributed by atoms with Crippen LogP contribution in [0.25, 0.3) is 0 Å². The van der Waals surface area contributed by atoms with E-state index >= 15 is 0 Å². The molecule has 4 heteroatoms. The average molecular weight is 353 g/mol. The molecule has 0 atom stereocenters. The van der Waals surface area contributed by atoms with Crippen molar-refractivity contribution in [2.75, 3.05) is 33.3 Å². The summed E-state index contributed by atoms with van der Waals surface area (Å²) >= 11 is 0. The van der Waals surface area contributed by atoms with E-state index in [0.717, 1.165) is 44.0 Å². The van der Waals surface area contributed by atoms with Crippen molar-refractivity contribution in [2.45, 2.75) is 26.3 Å². The number of piperazine rings is 1. The first-order chi connectivity index (χ1) is 12.6. The van der Waals surface area contributed by atoms with Crippen molar-refractivity contribution >= 4 is 5.91 Å². The fourth-order valence-electron chi connectivity index (χ4n) is 3.43. The number of rotatable bonds is 5. The van der Waals surface area contributed by atoms with Crippen molar-refractivity contribution in [3.8, 4) is 5.75 Å². The van der Waals surface area contributed by atoms with Gasteiger partial charge in [-0.05, 0) is 35.7 Å². The van der Waals surface area contributed by atoms with Gasteiger partial charge in [-0.15, -0.1) is 0 Å². The lowest BCUT2D eigenvalue weighted by molar-refractivity contribution is -0.917. The summed E-state index contributed by atoms with van der Waals surface area (Å²) in [6.45, 7) is 9.08. The molecular formula is C22H29N2O2+. The SMILES string of the molecule is COc1ccc(C(=O)N2CC[NH+](Cc3ccc(C(C)C)cc3)CC2)cc1. The molecule has 1 heterocycles. The third-order valence-corrected chi connectivity index (χ3v) is 5.20. The van der Waals surface area contributed by atoms with Gasteiger partial charge in [-0.25, -0.2) is 0 Å². The second kappa shape index (κ2) is 8.37. The van der Waals surface area contributed by atoms with Gasteiger partial charge in [0.25, 0.3) is 5.91 Å². The Labute approximate surface area is 156 Å². The largest absolute Gasteiger partial charge is 0.497 e. The Morgan fingerprint density at radius 2 is 1.65 bits per heavy atom. The maximum absolute atomic E-state index is 12.6. The van der Waals surface area contributed by atoms with Gasteiger partial charge in [0.2, 0.25) is 0 Å². The van der Waals surface area contributed by atoms with Crippen LogP contribution >= 0.6 is 0 Å². The maximum Gasteiger partial charge on any atom is 0.254 e. The van der Waals surface area contributed by atoms with Gasteiger partial charge in [0.1, 0.15) is 12.3 Å². The van der Waals surface area contributed by atoms with Crippen LogP contribution in [0.5, 0.6) is 5.75 Å². The van der Waals surface area contributed by atoms with Crippen LogP contribution in [0.4, 0.5) is 0 Å². The highest BCUT2D eigenvalue weighted by Crippen LogP contribution is 2.15. The summed E-state index contributed by atoms with van der Waals surface area (Å²) in [7, 11) is 1.63. The minimum absolute atomic E-state index is 0.119. The third-order valence-electron chi connectivity index (χ3n) is 5.20. The number of ether oxygens (including phenoxy) is 1. The van der Waals surface area contributed by atoms with Crippen molar-refractivity contribution < 1.29 is 14.4 Å². The number of hydrogen-bond acceptors (Lipinski definition) is 2. The molecule has 1 amide bonds. The van der Waals surface area contributed by atoms with Crippen LogP contribution in [-0.4, -0.2) is 44.1 Å². The van der Waals surface area contributed by atoms with Gasteiger partial charge in [0, 0.05) is 11.1 Å². The lowest BCUT2D eigenvalue weighted by atomic mass is 10.0. The predicted octanol–water partition coefficient (Wildman–Crippen LogP) is 2.36. The molecular weight excluding hydrogens is 324 g/mol. The van der Waals surface area contributed by atoms with Crippen molar-refractivity contribution in [3.63, 3.8) is 0 Å². The van der Waals surface area contributed by atoms with E-state index in [1.54, 1.807) is 12.0 Å². The second-order valence-electron chi connectivity index (χ2n) is 7.34. The summed E-state index contributed by atoms with van der Waals surface area (Å²) in [6, 6.07) is 16.3. The van der Waals surface area contributed by atoms with Gasteiger partial charge in [-0.1, -0.05) is 38.1 Å². The first-order valence-electron chi connectivity index (χ1n) is 9.42. The molecule has 2 aromatic carbocycles. The Kier molecular flexibility index (Phi) is 5.94. The summed E-state index contributed by atoms with van der Waals surface area (Å²) in [5.74, 6) is 1.47. The van der Waals surface area contributed by atoms with E-state index in [4.69, 9.17) is 4.74 Å². The molecule has 3 rings (SSSR count). The molecule has 0 radical (unpaired) electrons. The van der Waals surface area contributed by atoms with Crippen LogP contribution in [-0.2, 0) is 6.54 Å². The van der Waals surface area contributed by atoms with Crippen LogP contribution in [0.15, 0.2) is 48.5 Å². The highest BCUT2D eigenvalue weighted by molar-refractivity contribution is 5.94. The summed E-state index contributed by atoms with van der Waals surface area (Å²) in [5.41, 5.74) is 3.50. The van der Waals surface area contributed by atoms with Crippen molar-refractivity contribution in [2.24, 2.45) is 0 Å². The van der Waals surface area contributed by atoms with E-state index < -0.39 is 0 Å². The van der Waals surface area contributed by atoms with Crippen LogP contribution in [0, 0.1) is 0 Å². The van der Waals surface area contributed by atoms with Gasteiger partial charge in [0.05, 0.1) is 33.3 Å². The Morgan fingerprint density at radius 1 is 1.04 bits per heavy atom. The quantitative estimate of drug-likeness (QED) is 0.895. The molecule has 1 fully saturated rings. The fourth-order valence-corrected chi connectivity index (χ4v) is 3.43. The van der Waals surface area contributed by atoms with Crippen LogP contribution in [0.1, 0.15) is 41.3 Å². The minimum Gasteiger partial charge on any atom is -0.497 e. The number of carbonyl (C=O) groups excluding carboxylic acids is 1. The van der Waals surface area contributed by atoms with Crippen molar-refractivity contribution in [3.05, 3.63) is 65.2 Å². The van der Waals surface area contributed by atoms with E-state index in [0.29, 0.717) is 5.92 Å². The number of hydrogen-bond donors (Lipinski definition) is 1. The van der Waals surface area contributed by atoms with E-state index in [-0.39, 0.29) is 5.91 Å². The Morgan fingerprint density at radius 3 is 2.19 bits per heavy atom. The monoisotopic (exact) mass is 353 g/mol. The second-order valence-corrected chi connectivity index (χ2v) is 7.34. The first kappa shape index (κ1) is 18.5. The molecule has 0 saturated carbocycles. The van der Waals surface area contributed by atoms with E-state index in [2.05, 4.69) is 38.1 Å². The summed E-state index contributed by atoms with van der Waals surface area (Å²) in [6.07, 6.45) is 0. The fraction of sp³-hybridized carbons (Fsp3) is 0.409. The number of nitrogens with zero attached hydrogens (tertiary/aromatic N) is 1. The smallest absolute Gasteiger partial charge is 0.254 e. The zero-order chi connectivity index (χ0) is 18.5. The number of carbonyl (C=O) groups is 1. The van der Waals surface area contributed by atoms with Gasteiger partial charge in [-0.2, -0.15) is 0 Å². The number of methoxy groups -OCH3 is 1. The first-order valence-corrected chi connectivity index (χ1v) is 9.42. The molecule has 0 spiro atoms. The third kappa shape index (κ3) is 4.44. The summed E-state index contributed by atoms with van der Waals surface area (Å²) in [4.78, 5) is 16.1. The van der Waals surface area contributed by atoms with E-state index in [9.17, 15) is 4.79 Å². The Balaban J connectivity index is 1.52. The molecule has 138 valence electrons. The molecule has 0 aliphatic carbocycles. The minimum atomic E-state index is 0.119. The molecule has 1 aliphatic heterocycles. The van der Waals surface area contributed by atoms with Crippen LogP contribution in [0.3, 0.4) is 0 Å². The van der Waals surface area contributed by atoms with Crippen molar-refractivity contribution in [1.29, 1.82) is 0 Å². The number of nitrogens with one attached hydrogen (secondary N) is 1. The Hall–Kier alpha value is -2.33. The van der Waals surface area contributed by atoms with Crippen molar-refractivity contribution in [1.82, 2.24) is 4.90 Å². The van der Waals surface area contributed by atoms with Crippen LogP contribution in [0.2, 0.25) is 0 Å². The molecule has 4 nitrogen and oxygen atoms in total. The zero-order valence-electron chi connectivity index (χ0n) is 16.0. The van der Waals surface area contributed by atoms with Gasteiger partial charge in [0.15, 0.2) is 0 Å². The topological polar surface area (TPSA) is 34.0 Å². The molecule has 26 heavy (non-hydrogen) atoms. The molecule has 1 aliphatic rings. The predicted molar refractivity (Wildman–Crippen MR) is 104 cm³/mol. The lowest BCUT2D eigenvalue weighted by Crippen LogP contribution is -3.13. The molecule has 0 bridgehead atoms. The number of quaternary nitrogens is 1. The maximum atomic E-state index is 12.6. The lowest BCUT2D eigenvalue weighted by Gasteiger charge is -2.32. The van der Waals surface area contributed by atoms with Gasteiger partial charge < -0.3 is 14.5 Å². The summed E-state index contributed by atoms with van der Waals surface area (Å²) < 4.78 is 5.16. The number of amides is 1. The summed E-state index contributed by atoms with van der Waals surface area (Å²) in [5, 5.41) is 0. The van der Waals surface area contributed by atoms with Crippen LogP contribution < -0.4 is 9.64 Å². The zero-order valence-corrected chi connectivity index (χ0v) is 16.0. The Bertz CT molecular complexity index is 715. The van der Waals surface area contributed by atoms with E-state index in [1.165, 1.54) is 11.1 Å². The van der Waals surface area contributed by atoms with Gasteiger partial charge >= 0.3 is 0 Å².